The molecule has 1 aliphatic heterocycles. The number of anilines is 1. The Morgan fingerprint density at radius 3 is 2.72 bits per heavy atom. The van der Waals surface area contributed by atoms with Crippen LogP contribution in [0.3, 0.4) is 0 Å². The van der Waals surface area contributed by atoms with Gasteiger partial charge >= 0.3 is 0 Å². The first-order chi connectivity index (χ1) is 12.0. The fraction of sp³-hybridized carbons (Fsp3) is 0.0625. The van der Waals surface area contributed by atoms with Crippen LogP contribution in [0.1, 0.15) is 11.7 Å². The summed E-state index contributed by atoms with van der Waals surface area (Å²) in [4.78, 5) is 11.0. The van der Waals surface area contributed by atoms with E-state index in [4.69, 9.17) is 34.8 Å². The van der Waals surface area contributed by atoms with Crippen LogP contribution in [0.2, 0.25) is 15.1 Å². The zero-order valence-corrected chi connectivity index (χ0v) is 14.7. The second-order valence-electron chi connectivity index (χ2n) is 5.45. The number of rotatable bonds is 2. The summed E-state index contributed by atoms with van der Waals surface area (Å²) in [5.74, 6) is 0. The normalized spacial score (nSPS) is 15.2. The van der Waals surface area contributed by atoms with Gasteiger partial charge in [-0.05, 0) is 30.3 Å². The van der Waals surface area contributed by atoms with Crippen molar-refractivity contribution < 1.29 is 4.92 Å². The van der Waals surface area contributed by atoms with Gasteiger partial charge in [0.15, 0.2) is 6.17 Å². The molecule has 25 heavy (non-hydrogen) atoms. The number of nitro groups is 1. The third kappa shape index (κ3) is 2.54. The van der Waals surface area contributed by atoms with Gasteiger partial charge in [-0.3, -0.25) is 10.1 Å². The number of hydrogen-bond acceptors (Lipinski definition) is 4. The highest BCUT2D eigenvalue weighted by atomic mass is 35.5. The van der Waals surface area contributed by atoms with E-state index in [0.29, 0.717) is 5.02 Å². The summed E-state index contributed by atoms with van der Waals surface area (Å²) in [5.41, 5.74) is 2.52. The minimum absolute atomic E-state index is 0.111. The number of nitrogens with one attached hydrogen (secondary N) is 1. The molecule has 6 nitrogen and oxygen atoms in total. The molecular formula is C16H9Cl3N4O2. The Morgan fingerprint density at radius 2 is 1.96 bits per heavy atom. The van der Waals surface area contributed by atoms with Gasteiger partial charge in [0, 0.05) is 28.5 Å². The molecule has 0 aliphatic carbocycles. The second-order valence-corrected chi connectivity index (χ2v) is 6.67. The fourth-order valence-corrected chi connectivity index (χ4v) is 3.57. The molecule has 1 aromatic heterocycles. The van der Waals surface area contributed by atoms with Gasteiger partial charge in [-0.2, -0.15) is 5.10 Å². The van der Waals surface area contributed by atoms with Crippen molar-refractivity contribution in [3.63, 3.8) is 0 Å². The van der Waals surface area contributed by atoms with E-state index in [9.17, 15) is 10.1 Å². The number of nitro benzene ring substituents is 1. The second kappa shape index (κ2) is 5.91. The lowest BCUT2D eigenvalue weighted by Crippen LogP contribution is -2.26. The Morgan fingerprint density at radius 1 is 1.16 bits per heavy atom. The first-order valence-corrected chi connectivity index (χ1v) is 8.33. The molecule has 0 radical (unpaired) electrons. The van der Waals surface area contributed by atoms with E-state index in [-0.39, 0.29) is 21.3 Å². The maximum atomic E-state index is 11.5. The molecule has 0 spiro atoms. The molecular weight excluding hydrogens is 387 g/mol. The first-order valence-electron chi connectivity index (χ1n) is 7.19. The number of benzene rings is 2. The molecule has 2 heterocycles. The monoisotopic (exact) mass is 394 g/mol. The average Bonchev–Trinajstić information content (AvgIpc) is 3.06. The van der Waals surface area contributed by atoms with Crippen molar-refractivity contribution in [2.24, 2.45) is 0 Å². The molecule has 2 aromatic carbocycles. The third-order valence-corrected chi connectivity index (χ3v) is 5.10. The van der Waals surface area contributed by atoms with E-state index in [1.54, 1.807) is 23.0 Å². The Labute approximate surface area is 157 Å². The number of aromatic nitrogens is 2. The molecule has 0 fully saturated rings. The van der Waals surface area contributed by atoms with Crippen LogP contribution in [-0.2, 0) is 0 Å². The topological polar surface area (TPSA) is 73.0 Å². The maximum absolute atomic E-state index is 11.5. The highest BCUT2D eigenvalue weighted by Crippen LogP contribution is 2.44. The average molecular weight is 396 g/mol. The smallest absolute Gasteiger partial charge is 0.278 e. The predicted octanol–water partition coefficient (Wildman–Crippen LogP) is 5.39. The maximum Gasteiger partial charge on any atom is 0.278 e. The quantitative estimate of drug-likeness (QED) is 0.466. The van der Waals surface area contributed by atoms with Crippen LogP contribution in [0.25, 0.3) is 11.3 Å². The molecule has 0 amide bonds. The van der Waals surface area contributed by atoms with Gasteiger partial charge in [0.1, 0.15) is 0 Å². The van der Waals surface area contributed by atoms with E-state index < -0.39 is 11.1 Å². The molecule has 1 atom stereocenters. The van der Waals surface area contributed by atoms with E-state index in [0.717, 1.165) is 16.9 Å². The molecule has 1 aliphatic rings. The Bertz CT molecular complexity index is 1020. The van der Waals surface area contributed by atoms with Crippen molar-refractivity contribution in [2.45, 2.75) is 6.17 Å². The highest BCUT2D eigenvalue weighted by molar-refractivity contribution is 6.42. The molecule has 126 valence electrons. The summed E-state index contributed by atoms with van der Waals surface area (Å²) in [6, 6.07) is 9.96. The van der Waals surface area contributed by atoms with Crippen LogP contribution in [0.5, 0.6) is 0 Å². The third-order valence-electron chi connectivity index (χ3n) is 4.04. The van der Waals surface area contributed by atoms with Crippen LogP contribution in [0.15, 0.2) is 42.6 Å². The summed E-state index contributed by atoms with van der Waals surface area (Å²) < 4.78 is 1.64. The van der Waals surface area contributed by atoms with E-state index in [1.807, 2.05) is 12.1 Å². The molecule has 0 bridgehead atoms. The van der Waals surface area contributed by atoms with E-state index in [2.05, 4.69) is 10.4 Å². The van der Waals surface area contributed by atoms with Gasteiger partial charge in [0.2, 0.25) is 0 Å². The summed E-state index contributed by atoms with van der Waals surface area (Å²) in [6.07, 6.45) is 0.931. The lowest BCUT2D eigenvalue weighted by atomic mass is 10.0. The van der Waals surface area contributed by atoms with Crippen LogP contribution in [0.4, 0.5) is 11.4 Å². The highest BCUT2D eigenvalue weighted by Gasteiger charge is 2.33. The largest absolute Gasteiger partial charge is 0.359 e. The Kier molecular flexibility index (Phi) is 3.83. The minimum atomic E-state index is -0.692. The molecule has 1 N–H and O–H groups in total. The van der Waals surface area contributed by atoms with Gasteiger partial charge in [0.25, 0.3) is 5.69 Å². The standard InChI is InChI=1S/C16H9Cl3N4O2/c17-8-1-2-9-11(7-8)21-16(22-12(9)5-6-20-22)14-13(23(24)25)4-3-10(18)15(14)19/h1-7,16,21H. The van der Waals surface area contributed by atoms with Crippen LogP contribution in [-0.4, -0.2) is 14.7 Å². The fourth-order valence-electron chi connectivity index (χ4n) is 2.97. The lowest BCUT2D eigenvalue weighted by molar-refractivity contribution is -0.385. The molecule has 1 unspecified atom stereocenters. The molecule has 0 saturated carbocycles. The molecule has 0 saturated heterocycles. The Hall–Kier alpha value is -2.28. The van der Waals surface area contributed by atoms with E-state index in [1.165, 1.54) is 12.1 Å². The van der Waals surface area contributed by atoms with Gasteiger partial charge in [-0.15, -0.1) is 0 Å². The van der Waals surface area contributed by atoms with Crippen LogP contribution in [0, 0.1) is 10.1 Å². The molecule has 4 rings (SSSR count). The van der Waals surface area contributed by atoms with Gasteiger partial charge in [-0.1, -0.05) is 34.8 Å². The molecule has 3 aromatic rings. The number of nitrogens with zero attached hydrogens (tertiary/aromatic N) is 3. The summed E-state index contributed by atoms with van der Waals surface area (Å²) >= 11 is 18.5. The Balaban J connectivity index is 1.97. The minimum Gasteiger partial charge on any atom is -0.359 e. The van der Waals surface area contributed by atoms with Crippen molar-refractivity contribution in [1.29, 1.82) is 0 Å². The van der Waals surface area contributed by atoms with Crippen LogP contribution >= 0.6 is 34.8 Å². The van der Waals surface area contributed by atoms with Gasteiger partial charge in [-0.25, -0.2) is 4.68 Å². The predicted molar refractivity (Wildman–Crippen MR) is 97.6 cm³/mol. The van der Waals surface area contributed by atoms with Crippen molar-refractivity contribution in [3.05, 3.63) is 73.3 Å². The number of hydrogen-bond donors (Lipinski definition) is 1. The summed E-state index contributed by atoms with van der Waals surface area (Å²) in [7, 11) is 0. The van der Waals surface area contributed by atoms with Crippen molar-refractivity contribution >= 4 is 46.2 Å². The van der Waals surface area contributed by atoms with Crippen LogP contribution < -0.4 is 5.32 Å². The summed E-state index contributed by atoms with van der Waals surface area (Å²) in [6.45, 7) is 0. The zero-order chi connectivity index (χ0) is 17.7. The lowest BCUT2D eigenvalue weighted by Gasteiger charge is -2.29. The van der Waals surface area contributed by atoms with Gasteiger partial charge < -0.3 is 5.32 Å². The zero-order valence-electron chi connectivity index (χ0n) is 12.4. The first kappa shape index (κ1) is 16.2. The number of fused-ring (bicyclic) bond motifs is 3. The van der Waals surface area contributed by atoms with E-state index >= 15 is 0 Å². The van der Waals surface area contributed by atoms with Crippen molar-refractivity contribution in [2.75, 3.05) is 5.32 Å². The molecule has 9 heteroatoms. The number of halogens is 3. The SMILES string of the molecule is O=[N+]([O-])c1ccc(Cl)c(Cl)c1C1Nc2cc(Cl)ccc2-c2ccnn21. The summed E-state index contributed by atoms with van der Waals surface area (Å²) in [5, 5.41) is 19.9. The van der Waals surface area contributed by atoms with Gasteiger partial charge in [0.05, 0.1) is 26.2 Å². The van der Waals surface area contributed by atoms with Crippen molar-refractivity contribution in [1.82, 2.24) is 9.78 Å². The van der Waals surface area contributed by atoms with Crippen molar-refractivity contribution in [3.8, 4) is 11.3 Å².